The number of fused-ring (bicyclic) bond motifs is 1. The minimum atomic E-state index is -0.242. The maximum absolute atomic E-state index is 11.7. The Morgan fingerprint density at radius 2 is 2.00 bits per heavy atom. The lowest BCUT2D eigenvalue weighted by atomic mass is 10.1. The van der Waals surface area contributed by atoms with Crippen molar-refractivity contribution in [3.63, 3.8) is 0 Å². The van der Waals surface area contributed by atoms with Crippen LogP contribution in [0.15, 0.2) is 4.79 Å². The number of piperidine rings is 1. The molecule has 7 heteroatoms. The molecular formula is C10H14N6O. The number of aryl methyl sites for hydroxylation is 1. The van der Waals surface area contributed by atoms with Crippen molar-refractivity contribution in [1.29, 1.82) is 0 Å². The van der Waals surface area contributed by atoms with E-state index in [9.17, 15) is 4.79 Å². The van der Waals surface area contributed by atoms with Crippen LogP contribution in [0.25, 0.3) is 11.0 Å². The van der Waals surface area contributed by atoms with Crippen molar-refractivity contribution >= 4 is 16.9 Å². The van der Waals surface area contributed by atoms with Crippen LogP contribution in [0.3, 0.4) is 0 Å². The standard InChI is InChI=1S/C10H14N6O/c1-15-8-7(11-14-12-10(8)17)9(13-15)16-5-3-2-4-6-16/h2-6H2,1H3,(H,11,12,17). The van der Waals surface area contributed by atoms with Gasteiger partial charge in [-0.25, -0.2) is 5.10 Å². The first kappa shape index (κ1) is 10.2. The van der Waals surface area contributed by atoms with E-state index in [1.807, 2.05) is 0 Å². The average molecular weight is 234 g/mol. The Kier molecular flexibility index (Phi) is 2.31. The SMILES string of the molecule is Cn1nc(N2CCCCC2)c2nn[nH]c(=O)c21. The van der Waals surface area contributed by atoms with Crippen LogP contribution in [0.4, 0.5) is 5.82 Å². The lowest BCUT2D eigenvalue weighted by molar-refractivity contribution is 0.570. The minimum absolute atomic E-state index is 0.242. The van der Waals surface area contributed by atoms with Crippen molar-refractivity contribution in [2.45, 2.75) is 19.3 Å². The summed E-state index contributed by atoms with van der Waals surface area (Å²) in [5, 5.41) is 14.4. The van der Waals surface area contributed by atoms with Crippen LogP contribution in [-0.4, -0.2) is 38.3 Å². The predicted molar refractivity (Wildman–Crippen MR) is 63.0 cm³/mol. The first-order valence-corrected chi connectivity index (χ1v) is 5.80. The molecule has 2 aromatic heterocycles. The van der Waals surface area contributed by atoms with Gasteiger partial charge >= 0.3 is 0 Å². The van der Waals surface area contributed by atoms with Crippen LogP contribution in [0, 0.1) is 0 Å². The van der Waals surface area contributed by atoms with Gasteiger partial charge < -0.3 is 4.90 Å². The maximum atomic E-state index is 11.7. The predicted octanol–water partition coefficient (Wildman–Crippen LogP) is 0.0419. The van der Waals surface area contributed by atoms with Crippen LogP contribution in [0.5, 0.6) is 0 Å². The van der Waals surface area contributed by atoms with Crippen LogP contribution >= 0.6 is 0 Å². The smallest absolute Gasteiger partial charge is 0.293 e. The van der Waals surface area contributed by atoms with Crippen molar-refractivity contribution in [3.05, 3.63) is 10.4 Å². The van der Waals surface area contributed by atoms with Gasteiger partial charge in [0.25, 0.3) is 5.56 Å². The topological polar surface area (TPSA) is 79.7 Å². The van der Waals surface area contributed by atoms with Gasteiger partial charge in [0.1, 0.15) is 0 Å². The van der Waals surface area contributed by atoms with Gasteiger partial charge in [-0.2, -0.15) is 5.10 Å². The molecule has 0 unspecified atom stereocenters. The highest BCUT2D eigenvalue weighted by molar-refractivity contribution is 5.85. The number of aromatic nitrogens is 5. The molecule has 1 aliphatic rings. The Morgan fingerprint density at radius 3 is 2.76 bits per heavy atom. The van der Waals surface area contributed by atoms with Gasteiger partial charge in [-0.05, 0) is 19.3 Å². The highest BCUT2D eigenvalue weighted by Gasteiger charge is 2.20. The highest BCUT2D eigenvalue weighted by Crippen LogP contribution is 2.23. The molecule has 0 atom stereocenters. The second kappa shape index (κ2) is 3.83. The van der Waals surface area contributed by atoms with Gasteiger partial charge in [-0.15, -0.1) is 5.10 Å². The summed E-state index contributed by atoms with van der Waals surface area (Å²) in [6.07, 6.45) is 3.58. The van der Waals surface area contributed by atoms with Crippen molar-refractivity contribution in [1.82, 2.24) is 25.2 Å². The third-order valence-corrected chi connectivity index (χ3v) is 3.18. The molecule has 17 heavy (non-hydrogen) atoms. The molecule has 1 fully saturated rings. The van der Waals surface area contributed by atoms with Crippen LogP contribution in [-0.2, 0) is 7.05 Å². The lowest BCUT2D eigenvalue weighted by Gasteiger charge is -2.26. The van der Waals surface area contributed by atoms with Crippen LogP contribution in [0.2, 0.25) is 0 Å². The molecule has 0 aromatic carbocycles. The third-order valence-electron chi connectivity index (χ3n) is 3.18. The van der Waals surface area contributed by atoms with E-state index in [1.165, 1.54) is 6.42 Å². The molecule has 0 radical (unpaired) electrons. The lowest BCUT2D eigenvalue weighted by Crippen LogP contribution is -2.30. The van der Waals surface area contributed by atoms with Gasteiger partial charge in [-0.1, -0.05) is 5.21 Å². The molecular weight excluding hydrogens is 220 g/mol. The summed E-state index contributed by atoms with van der Waals surface area (Å²) in [5.41, 5.74) is 0.840. The second-order valence-corrected chi connectivity index (χ2v) is 4.33. The Balaban J connectivity index is 2.17. The van der Waals surface area contributed by atoms with E-state index in [0.717, 1.165) is 31.7 Å². The summed E-state index contributed by atoms with van der Waals surface area (Å²) in [5.74, 6) is 0.779. The van der Waals surface area contributed by atoms with Gasteiger partial charge in [0.05, 0.1) is 0 Å². The molecule has 90 valence electrons. The normalized spacial score (nSPS) is 16.6. The zero-order valence-corrected chi connectivity index (χ0v) is 9.68. The van der Waals surface area contributed by atoms with Gasteiger partial charge in [0.15, 0.2) is 16.9 Å². The fourth-order valence-corrected chi connectivity index (χ4v) is 2.34. The third kappa shape index (κ3) is 1.58. The highest BCUT2D eigenvalue weighted by atomic mass is 16.1. The van der Waals surface area contributed by atoms with E-state index >= 15 is 0 Å². The van der Waals surface area contributed by atoms with E-state index in [1.54, 1.807) is 11.7 Å². The first-order valence-electron chi connectivity index (χ1n) is 5.80. The van der Waals surface area contributed by atoms with E-state index in [-0.39, 0.29) is 5.56 Å². The molecule has 0 bridgehead atoms. The Hall–Kier alpha value is -1.92. The van der Waals surface area contributed by atoms with Gasteiger partial charge in [0.2, 0.25) is 0 Å². The minimum Gasteiger partial charge on any atom is -0.353 e. The number of aromatic amines is 1. The quantitative estimate of drug-likeness (QED) is 0.753. The molecule has 0 aliphatic carbocycles. The zero-order valence-electron chi connectivity index (χ0n) is 9.68. The van der Waals surface area contributed by atoms with Crippen LogP contribution < -0.4 is 10.5 Å². The number of hydrogen-bond donors (Lipinski definition) is 1. The molecule has 7 nitrogen and oxygen atoms in total. The van der Waals surface area contributed by atoms with Crippen molar-refractivity contribution in [2.75, 3.05) is 18.0 Å². The van der Waals surface area contributed by atoms with Crippen molar-refractivity contribution < 1.29 is 0 Å². The van der Waals surface area contributed by atoms with E-state index in [0.29, 0.717) is 11.0 Å². The summed E-state index contributed by atoms with van der Waals surface area (Å²) < 4.78 is 1.58. The van der Waals surface area contributed by atoms with Gasteiger partial charge in [0, 0.05) is 20.1 Å². The number of H-pyrrole nitrogens is 1. The molecule has 1 N–H and O–H groups in total. The average Bonchev–Trinajstić information content (AvgIpc) is 2.69. The number of nitrogens with zero attached hydrogens (tertiary/aromatic N) is 5. The van der Waals surface area contributed by atoms with Gasteiger partial charge in [-0.3, -0.25) is 9.48 Å². The Morgan fingerprint density at radius 1 is 1.24 bits per heavy atom. The summed E-state index contributed by atoms with van der Waals surface area (Å²) in [4.78, 5) is 13.8. The molecule has 3 rings (SSSR count). The van der Waals surface area contributed by atoms with Crippen molar-refractivity contribution in [3.8, 4) is 0 Å². The fourth-order valence-electron chi connectivity index (χ4n) is 2.34. The fraction of sp³-hybridized carbons (Fsp3) is 0.600. The maximum Gasteiger partial charge on any atom is 0.293 e. The summed E-state index contributed by atoms with van der Waals surface area (Å²) >= 11 is 0. The molecule has 1 saturated heterocycles. The van der Waals surface area contributed by atoms with Crippen molar-refractivity contribution in [2.24, 2.45) is 7.05 Å². The number of anilines is 1. The number of nitrogens with one attached hydrogen (secondary N) is 1. The van der Waals surface area contributed by atoms with E-state index in [4.69, 9.17) is 0 Å². The molecule has 0 saturated carbocycles. The molecule has 2 aromatic rings. The summed E-state index contributed by atoms with van der Waals surface area (Å²) in [7, 11) is 1.76. The van der Waals surface area contributed by atoms with E-state index < -0.39 is 0 Å². The summed E-state index contributed by atoms with van der Waals surface area (Å²) in [6.45, 7) is 1.95. The Labute approximate surface area is 97.4 Å². The second-order valence-electron chi connectivity index (χ2n) is 4.33. The zero-order chi connectivity index (χ0) is 11.8. The molecule has 3 heterocycles. The number of hydrogen-bond acceptors (Lipinski definition) is 5. The first-order chi connectivity index (χ1) is 8.27. The molecule has 0 amide bonds. The monoisotopic (exact) mass is 234 g/mol. The van der Waals surface area contributed by atoms with Crippen LogP contribution in [0.1, 0.15) is 19.3 Å². The molecule has 0 spiro atoms. The largest absolute Gasteiger partial charge is 0.353 e. The summed E-state index contributed by atoms with van der Waals surface area (Å²) in [6, 6.07) is 0. The number of rotatable bonds is 1. The van der Waals surface area contributed by atoms with E-state index in [2.05, 4.69) is 25.4 Å². The molecule has 1 aliphatic heterocycles. The Bertz CT molecular complexity index is 594.